The molecule has 0 saturated carbocycles. The summed E-state index contributed by atoms with van der Waals surface area (Å²) in [7, 11) is 1.95. The van der Waals surface area contributed by atoms with Crippen molar-refractivity contribution in [1.29, 1.82) is 0 Å². The van der Waals surface area contributed by atoms with Crippen molar-refractivity contribution in [3.8, 4) is 0 Å². The third-order valence-corrected chi connectivity index (χ3v) is 4.52. The van der Waals surface area contributed by atoms with E-state index < -0.39 is 0 Å². The Morgan fingerprint density at radius 3 is 2.72 bits per heavy atom. The third-order valence-electron chi connectivity index (χ3n) is 2.89. The van der Waals surface area contributed by atoms with Gasteiger partial charge in [-0.3, -0.25) is 0 Å². The molecule has 0 saturated heterocycles. The van der Waals surface area contributed by atoms with Crippen LogP contribution in [-0.2, 0) is 6.42 Å². The van der Waals surface area contributed by atoms with Crippen LogP contribution in [0.2, 0.25) is 10.0 Å². The Morgan fingerprint density at radius 1 is 1.39 bits per heavy atom. The van der Waals surface area contributed by atoms with Gasteiger partial charge in [0.25, 0.3) is 0 Å². The van der Waals surface area contributed by atoms with Gasteiger partial charge in [-0.2, -0.15) is 0 Å². The first kappa shape index (κ1) is 13.8. The van der Waals surface area contributed by atoms with Crippen molar-refractivity contribution in [3.05, 3.63) is 49.9 Å². The second-order valence-electron chi connectivity index (χ2n) is 4.08. The van der Waals surface area contributed by atoms with Gasteiger partial charge in [-0.25, -0.2) is 4.98 Å². The van der Waals surface area contributed by atoms with E-state index in [2.05, 4.69) is 10.3 Å². The molecule has 0 aliphatic rings. The maximum Gasteiger partial charge on any atom is 0.0798 e. The molecule has 1 aromatic carbocycles. The third kappa shape index (κ3) is 3.04. The van der Waals surface area contributed by atoms with E-state index in [0.717, 1.165) is 17.7 Å². The summed E-state index contributed by atoms with van der Waals surface area (Å²) >= 11 is 13.8. The van der Waals surface area contributed by atoms with Gasteiger partial charge in [0, 0.05) is 21.0 Å². The summed E-state index contributed by atoms with van der Waals surface area (Å²) in [5, 5.41) is 4.69. The van der Waals surface area contributed by atoms with Gasteiger partial charge in [0.1, 0.15) is 0 Å². The standard InChI is InChI=1S/C13H14Cl2N2S/c1-8-13(18-7-17-8)12(16-2)5-9-3-4-10(14)6-11(9)15/h3-4,6-7,12,16H,5H2,1-2H3. The molecule has 1 aromatic heterocycles. The van der Waals surface area contributed by atoms with Gasteiger partial charge in [-0.15, -0.1) is 11.3 Å². The fourth-order valence-electron chi connectivity index (χ4n) is 1.88. The van der Waals surface area contributed by atoms with Gasteiger partial charge in [-0.05, 0) is 38.1 Å². The number of thiazole rings is 1. The molecule has 2 rings (SSSR count). The Kier molecular flexibility index (Phi) is 4.62. The minimum absolute atomic E-state index is 0.233. The molecule has 0 spiro atoms. The molecule has 2 aromatic rings. The lowest BCUT2D eigenvalue weighted by Gasteiger charge is -2.16. The van der Waals surface area contributed by atoms with Crippen LogP contribution >= 0.6 is 34.5 Å². The molecular formula is C13H14Cl2N2S. The lowest BCUT2D eigenvalue weighted by atomic mass is 10.0. The summed E-state index contributed by atoms with van der Waals surface area (Å²) in [6.07, 6.45) is 0.829. The van der Waals surface area contributed by atoms with Gasteiger partial charge in [0.15, 0.2) is 0 Å². The van der Waals surface area contributed by atoms with E-state index in [-0.39, 0.29) is 6.04 Å². The van der Waals surface area contributed by atoms with Crippen LogP contribution in [-0.4, -0.2) is 12.0 Å². The highest BCUT2D eigenvalue weighted by Gasteiger charge is 2.16. The fourth-order valence-corrected chi connectivity index (χ4v) is 3.28. The number of nitrogens with zero attached hydrogens (tertiary/aromatic N) is 1. The molecule has 0 radical (unpaired) electrons. The Labute approximate surface area is 121 Å². The monoisotopic (exact) mass is 300 g/mol. The van der Waals surface area contributed by atoms with E-state index in [1.54, 1.807) is 17.4 Å². The average molecular weight is 301 g/mol. The summed E-state index contributed by atoms with van der Waals surface area (Å²) in [6.45, 7) is 2.03. The van der Waals surface area contributed by atoms with Crippen LogP contribution in [0.3, 0.4) is 0 Å². The summed E-state index contributed by atoms with van der Waals surface area (Å²) in [5.74, 6) is 0. The summed E-state index contributed by atoms with van der Waals surface area (Å²) < 4.78 is 0. The minimum Gasteiger partial charge on any atom is -0.312 e. The van der Waals surface area contributed by atoms with Crippen molar-refractivity contribution in [2.24, 2.45) is 0 Å². The molecule has 1 atom stereocenters. The van der Waals surface area contributed by atoms with Gasteiger partial charge in [0.05, 0.1) is 11.2 Å². The molecule has 0 aliphatic heterocycles. The van der Waals surface area contributed by atoms with Gasteiger partial charge < -0.3 is 5.32 Å². The Balaban J connectivity index is 2.23. The lowest BCUT2D eigenvalue weighted by molar-refractivity contribution is 0.598. The van der Waals surface area contributed by atoms with E-state index in [1.165, 1.54) is 4.88 Å². The van der Waals surface area contributed by atoms with Gasteiger partial charge in [-0.1, -0.05) is 29.3 Å². The highest BCUT2D eigenvalue weighted by Crippen LogP contribution is 2.28. The van der Waals surface area contributed by atoms with E-state index in [4.69, 9.17) is 23.2 Å². The Bertz CT molecular complexity index is 540. The number of nitrogens with one attached hydrogen (secondary N) is 1. The topological polar surface area (TPSA) is 24.9 Å². The maximum atomic E-state index is 6.21. The van der Waals surface area contributed by atoms with Gasteiger partial charge in [0.2, 0.25) is 0 Å². The van der Waals surface area contributed by atoms with Crippen LogP contribution in [0.1, 0.15) is 22.2 Å². The largest absolute Gasteiger partial charge is 0.312 e. The molecular weight excluding hydrogens is 287 g/mol. The van der Waals surface area contributed by atoms with Crippen LogP contribution in [0.15, 0.2) is 23.7 Å². The molecule has 0 bridgehead atoms. The van der Waals surface area contributed by atoms with E-state index in [9.17, 15) is 0 Å². The van der Waals surface area contributed by atoms with Crippen molar-refractivity contribution in [2.45, 2.75) is 19.4 Å². The first-order valence-corrected chi connectivity index (χ1v) is 7.26. The number of aromatic nitrogens is 1. The Morgan fingerprint density at radius 2 is 2.17 bits per heavy atom. The predicted octanol–water partition coefficient (Wildman–Crippen LogP) is 4.26. The fraction of sp³-hybridized carbons (Fsp3) is 0.308. The zero-order chi connectivity index (χ0) is 13.1. The van der Waals surface area contributed by atoms with Crippen molar-refractivity contribution in [3.63, 3.8) is 0 Å². The molecule has 0 fully saturated rings. The second-order valence-corrected chi connectivity index (χ2v) is 5.81. The summed E-state index contributed by atoms with van der Waals surface area (Å²) in [4.78, 5) is 5.54. The molecule has 2 nitrogen and oxygen atoms in total. The zero-order valence-corrected chi connectivity index (χ0v) is 12.5. The van der Waals surface area contributed by atoms with Crippen LogP contribution in [0.4, 0.5) is 0 Å². The number of benzene rings is 1. The SMILES string of the molecule is CNC(Cc1ccc(Cl)cc1Cl)c1scnc1C. The summed E-state index contributed by atoms with van der Waals surface area (Å²) in [5.41, 5.74) is 4.04. The number of halogens is 2. The number of hydrogen-bond acceptors (Lipinski definition) is 3. The normalized spacial score (nSPS) is 12.7. The first-order valence-electron chi connectivity index (χ1n) is 5.63. The van der Waals surface area contributed by atoms with E-state index >= 15 is 0 Å². The molecule has 96 valence electrons. The Hall–Kier alpha value is -0.610. The highest BCUT2D eigenvalue weighted by molar-refractivity contribution is 7.09. The summed E-state index contributed by atoms with van der Waals surface area (Å²) in [6, 6.07) is 5.86. The van der Waals surface area contributed by atoms with Crippen molar-refractivity contribution in [1.82, 2.24) is 10.3 Å². The van der Waals surface area contributed by atoms with E-state index in [0.29, 0.717) is 10.0 Å². The van der Waals surface area contributed by atoms with E-state index in [1.807, 2.05) is 31.6 Å². The molecule has 1 heterocycles. The van der Waals surface area contributed by atoms with Crippen LogP contribution in [0.5, 0.6) is 0 Å². The first-order chi connectivity index (χ1) is 8.61. The molecule has 1 unspecified atom stereocenters. The number of likely N-dealkylation sites (N-methyl/N-ethyl adjacent to an activating group) is 1. The molecule has 1 N–H and O–H groups in total. The van der Waals surface area contributed by atoms with Crippen LogP contribution < -0.4 is 5.32 Å². The second kappa shape index (κ2) is 6.02. The highest BCUT2D eigenvalue weighted by atomic mass is 35.5. The number of hydrogen-bond donors (Lipinski definition) is 1. The molecule has 18 heavy (non-hydrogen) atoms. The molecule has 0 amide bonds. The van der Waals surface area contributed by atoms with Crippen LogP contribution in [0, 0.1) is 6.92 Å². The maximum absolute atomic E-state index is 6.21. The van der Waals surface area contributed by atoms with Gasteiger partial charge >= 0.3 is 0 Å². The zero-order valence-electron chi connectivity index (χ0n) is 10.2. The smallest absolute Gasteiger partial charge is 0.0798 e. The van der Waals surface area contributed by atoms with Crippen molar-refractivity contribution >= 4 is 34.5 Å². The quantitative estimate of drug-likeness (QED) is 0.912. The van der Waals surface area contributed by atoms with Crippen molar-refractivity contribution in [2.75, 3.05) is 7.05 Å². The lowest BCUT2D eigenvalue weighted by Crippen LogP contribution is -2.18. The number of rotatable bonds is 4. The van der Waals surface area contributed by atoms with Crippen LogP contribution in [0.25, 0.3) is 0 Å². The minimum atomic E-state index is 0.233. The predicted molar refractivity (Wildman–Crippen MR) is 78.8 cm³/mol. The molecule has 5 heteroatoms. The average Bonchev–Trinajstić information content (AvgIpc) is 2.75. The number of aryl methyl sites for hydroxylation is 1. The molecule has 0 aliphatic carbocycles. The van der Waals surface area contributed by atoms with Crippen molar-refractivity contribution < 1.29 is 0 Å².